The lowest BCUT2D eigenvalue weighted by Crippen LogP contribution is -1.96. The molecule has 5 heteroatoms. The summed E-state index contributed by atoms with van der Waals surface area (Å²) >= 11 is 5.95. The van der Waals surface area contributed by atoms with Gasteiger partial charge in [-0.3, -0.25) is 9.48 Å². The van der Waals surface area contributed by atoms with Gasteiger partial charge in [-0.1, -0.05) is 11.6 Å². The molecule has 0 fully saturated rings. The predicted molar refractivity (Wildman–Crippen MR) is 74.6 cm³/mol. The molecule has 0 aliphatic rings. The molecule has 0 saturated heterocycles. The first-order valence-corrected chi connectivity index (χ1v) is 6.03. The van der Waals surface area contributed by atoms with E-state index >= 15 is 0 Å². The maximum absolute atomic E-state index is 12.0. The van der Waals surface area contributed by atoms with Crippen molar-refractivity contribution < 1.29 is 9.53 Å². The quantitative estimate of drug-likeness (QED) is 0.637. The monoisotopic (exact) mass is 276 g/mol. The van der Waals surface area contributed by atoms with Crippen molar-refractivity contribution in [3.63, 3.8) is 0 Å². The Morgan fingerprint density at radius 2 is 2.05 bits per heavy atom. The minimum Gasteiger partial charge on any atom is -0.497 e. The summed E-state index contributed by atoms with van der Waals surface area (Å²) in [4.78, 5) is 12.0. The maximum Gasteiger partial charge on any atom is 0.185 e. The minimum atomic E-state index is -0.0973. The van der Waals surface area contributed by atoms with Gasteiger partial charge in [-0.25, -0.2) is 0 Å². The molecule has 0 bridgehead atoms. The Balaban J connectivity index is 2.16. The molecule has 1 heterocycles. The summed E-state index contributed by atoms with van der Waals surface area (Å²) in [5, 5.41) is 4.51. The van der Waals surface area contributed by atoms with E-state index in [2.05, 4.69) is 5.10 Å². The summed E-state index contributed by atoms with van der Waals surface area (Å²) in [5.41, 5.74) is 1.29. The molecule has 1 aromatic carbocycles. The zero-order valence-corrected chi connectivity index (χ0v) is 11.4. The molecule has 0 unspecified atom stereocenters. The standard InChI is InChI=1S/C14H13ClN2O2/c1-17-13(12(15)9-16-17)7-8-14(18)10-3-5-11(19-2)6-4-10/h3-9H,1-2H3/b8-7+. The number of allylic oxidation sites excluding steroid dienone is 1. The highest BCUT2D eigenvalue weighted by atomic mass is 35.5. The van der Waals surface area contributed by atoms with Crippen LogP contribution < -0.4 is 4.74 Å². The van der Waals surface area contributed by atoms with E-state index in [1.807, 2.05) is 0 Å². The van der Waals surface area contributed by atoms with Crippen LogP contribution in [0.5, 0.6) is 5.75 Å². The second-order valence-electron chi connectivity index (χ2n) is 3.93. The predicted octanol–water partition coefficient (Wildman–Crippen LogP) is 2.98. The third-order valence-corrected chi connectivity index (χ3v) is 3.00. The van der Waals surface area contributed by atoms with Crippen LogP contribution in [0.4, 0.5) is 0 Å². The van der Waals surface area contributed by atoms with Crippen molar-refractivity contribution in [2.75, 3.05) is 7.11 Å². The summed E-state index contributed by atoms with van der Waals surface area (Å²) in [6, 6.07) is 6.93. The molecule has 0 atom stereocenters. The van der Waals surface area contributed by atoms with Crippen LogP contribution in [0.3, 0.4) is 0 Å². The molecule has 2 rings (SSSR count). The van der Waals surface area contributed by atoms with Gasteiger partial charge in [0.05, 0.1) is 24.0 Å². The van der Waals surface area contributed by atoms with E-state index in [4.69, 9.17) is 16.3 Å². The molecule has 0 amide bonds. The number of carbonyl (C=O) groups is 1. The number of rotatable bonds is 4. The van der Waals surface area contributed by atoms with Crippen molar-refractivity contribution in [1.29, 1.82) is 0 Å². The molecule has 2 aromatic rings. The highest BCUT2D eigenvalue weighted by Gasteiger charge is 2.05. The smallest absolute Gasteiger partial charge is 0.185 e. The fourth-order valence-corrected chi connectivity index (χ4v) is 1.84. The van der Waals surface area contributed by atoms with Gasteiger partial charge in [0, 0.05) is 12.6 Å². The molecule has 0 aliphatic heterocycles. The van der Waals surface area contributed by atoms with Gasteiger partial charge in [-0.2, -0.15) is 5.10 Å². The highest BCUT2D eigenvalue weighted by Crippen LogP contribution is 2.16. The first kappa shape index (κ1) is 13.4. The van der Waals surface area contributed by atoms with E-state index in [-0.39, 0.29) is 5.78 Å². The van der Waals surface area contributed by atoms with Gasteiger partial charge >= 0.3 is 0 Å². The average Bonchev–Trinajstić information content (AvgIpc) is 2.75. The number of benzene rings is 1. The number of carbonyl (C=O) groups excluding carboxylic acids is 1. The van der Waals surface area contributed by atoms with Crippen LogP contribution in [0, 0.1) is 0 Å². The van der Waals surface area contributed by atoms with E-state index in [9.17, 15) is 4.79 Å². The van der Waals surface area contributed by atoms with Gasteiger partial charge in [0.1, 0.15) is 5.75 Å². The summed E-state index contributed by atoms with van der Waals surface area (Å²) in [6.07, 6.45) is 4.67. The fourth-order valence-electron chi connectivity index (χ4n) is 1.61. The molecule has 19 heavy (non-hydrogen) atoms. The highest BCUT2D eigenvalue weighted by molar-refractivity contribution is 6.31. The number of hydrogen-bond donors (Lipinski definition) is 0. The van der Waals surface area contributed by atoms with Crippen LogP contribution in [0.1, 0.15) is 16.1 Å². The Labute approximate surface area is 116 Å². The van der Waals surface area contributed by atoms with Gasteiger partial charge in [-0.05, 0) is 36.4 Å². The van der Waals surface area contributed by atoms with Crippen molar-refractivity contribution in [3.8, 4) is 5.75 Å². The fraction of sp³-hybridized carbons (Fsp3) is 0.143. The second-order valence-corrected chi connectivity index (χ2v) is 4.33. The topological polar surface area (TPSA) is 44.1 Å². The first-order chi connectivity index (χ1) is 9.11. The van der Waals surface area contributed by atoms with Crippen molar-refractivity contribution in [3.05, 3.63) is 52.8 Å². The largest absolute Gasteiger partial charge is 0.497 e. The second kappa shape index (κ2) is 5.71. The SMILES string of the molecule is COc1ccc(C(=O)/C=C/c2c(Cl)cnn2C)cc1. The van der Waals surface area contributed by atoms with Gasteiger partial charge in [0.15, 0.2) is 5.78 Å². The number of ether oxygens (including phenoxy) is 1. The number of hydrogen-bond acceptors (Lipinski definition) is 3. The molecule has 98 valence electrons. The molecule has 0 saturated carbocycles. The number of aromatic nitrogens is 2. The number of methoxy groups -OCH3 is 1. The third-order valence-electron chi connectivity index (χ3n) is 2.70. The van der Waals surface area contributed by atoms with Gasteiger partial charge < -0.3 is 4.74 Å². The molecule has 1 aromatic heterocycles. The molecule has 0 spiro atoms. The van der Waals surface area contributed by atoms with Gasteiger partial charge in [0.25, 0.3) is 0 Å². The summed E-state index contributed by atoms with van der Waals surface area (Å²) in [5.74, 6) is 0.620. The van der Waals surface area contributed by atoms with E-state index in [0.717, 1.165) is 5.75 Å². The summed E-state index contributed by atoms with van der Waals surface area (Å²) in [6.45, 7) is 0. The maximum atomic E-state index is 12.0. The lowest BCUT2D eigenvalue weighted by molar-refractivity contribution is 0.104. The molecule has 0 radical (unpaired) electrons. The Kier molecular flexibility index (Phi) is 4.02. The van der Waals surface area contributed by atoms with Crippen molar-refractivity contribution in [1.82, 2.24) is 9.78 Å². The Hall–Kier alpha value is -2.07. The molecule has 4 nitrogen and oxygen atoms in total. The summed E-state index contributed by atoms with van der Waals surface area (Å²) < 4.78 is 6.65. The van der Waals surface area contributed by atoms with Crippen LogP contribution in [0.25, 0.3) is 6.08 Å². The number of ketones is 1. The van der Waals surface area contributed by atoms with Gasteiger partial charge in [0.2, 0.25) is 0 Å². The first-order valence-electron chi connectivity index (χ1n) is 5.66. The molecular weight excluding hydrogens is 264 g/mol. The third kappa shape index (κ3) is 3.03. The number of halogens is 1. The normalized spacial score (nSPS) is 10.9. The average molecular weight is 277 g/mol. The summed E-state index contributed by atoms with van der Waals surface area (Å²) in [7, 11) is 3.35. The minimum absolute atomic E-state index is 0.0973. The lowest BCUT2D eigenvalue weighted by Gasteiger charge is -2.00. The molecular formula is C14H13ClN2O2. The Bertz CT molecular complexity index is 595. The van der Waals surface area contributed by atoms with Gasteiger partial charge in [-0.15, -0.1) is 0 Å². The van der Waals surface area contributed by atoms with E-state index in [0.29, 0.717) is 16.3 Å². The van der Waals surface area contributed by atoms with E-state index in [1.54, 1.807) is 55.4 Å². The van der Waals surface area contributed by atoms with Crippen LogP contribution >= 0.6 is 11.6 Å². The lowest BCUT2D eigenvalue weighted by atomic mass is 10.1. The van der Waals surface area contributed by atoms with E-state index in [1.165, 1.54) is 6.08 Å². The van der Waals surface area contributed by atoms with Crippen molar-refractivity contribution >= 4 is 23.5 Å². The van der Waals surface area contributed by atoms with Crippen molar-refractivity contribution in [2.45, 2.75) is 0 Å². The molecule has 0 N–H and O–H groups in total. The Morgan fingerprint density at radius 3 is 2.58 bits per heavy atom. The van der Waals surface area contributed by atoms with E-state index < -0.39 is 0 Å². The zero-order valence-electron chi connectivity index (χ0n) is 10.6. The number of aryl methyl sites for hydroxylation is 1. The Morgan fingerprint density at radius 1 is 1.37 bits per heavy atom. The molecule has 0 aliphatic carbocycles. The van der Waals surface area contributed by atoms with Crippen molar-refractivity contribution in [2.24, 2.45) is 7.05 Å². The zero-order chi connectivity index (χ0) is 13.8. The number of nitrogens with zero attached hydrogens (tertiary/aromatic N) is 2. The van der Waals surface area contributed by atoms with Crippen LogP contribution in [-0.2, 0) is 7.05 Å². The van der Waals surface area contributed by atoms with Crippen LogP contribution in [0.15, 0.2) is 36.5 Å². The van der Waals surface area contributed by atoms with Crippen LogP contribution in [0.2, 0.25) is 5.02 Å². The van der Waals surface area contributed by atoms with Crippen LogP contribution in [-0.4, -0.2) is 22.7 Å².